The van der Waals surface area contributed by atoms with Crippen molar-refractivity contribution in [3.63, 3.8) is 0 Å². The van der Waals surface area contributed by atoms with Gasteiger partial charge < -0.3 is 15.5 Å². The summed E-state index contributed by atoms with van der Waals surface area (Å²) in [6.07, 6.45) is 8.61. The molecule has 3 aromatic rings. The second-order valence-corrected chi connectivity index (χ2v) is 9.02. The molecular formula is C21H26F2N8O. The van der Waals surface area contributed by atoms with Crippen LogP contribution in [0.5, 0.6) is 0 Å². The minimum absolute atomic E-state index is 0.0634. The van der Waals surface area contributed by atoms with E-state index in [1.165, 1.54) is 6.07 Å². The Balaban J connectivity index is 1.47. The molecule has 0 atom stereocenters. The SMILES string of the molecule is CN1CCC(n2cc(Nc3nc(NC4(C)CC4)c4c(=O)n(C(F)F)ccc4n3)cn2)CC1. The van der Waals surface area contributed by atoms with E-state index in [2.05, 4.69) is 37.6 Å². The molecule has 170 valence electrons. The van der Waals surface area contributed by atoms with E-state index >= 15 is 0 Å². The molecule has 0 spiro atoms. The molecule has 1 saturated heterocycles. The van der Waals surface area contributed by atoms with E-state index in [4.69, 9.17) is 0 Å². The van der Waals surface area contributed by atoms with Crippen LogP contribution in [0.4, 0.5) is 26.2 Å². The predicted molar refractivity (Wildman–Crippen MR) is 118 cm³/mol. The highest BCUT2D eigenvalue weighted by molar-refractivity contribution is 5.90. The minimum atomic E-state index is -2.93. The number of piperidine rings is 1. The van der Waals surface area contributed by atoms with Crippen LogP contribution in [0.1, 0.15) is 45.2 Å². The first-order valence-corrected chi connectivity index (χ1v) is 10.8. The van der Waals surface area contributed by atoms with Crippen molar-refractivity contribution in [3.05, 3.63) is 35.0 Å². The number of hydrogen-bond acceptors (Lipinski definition) is 7. The van der Waals surface area contributed by atoms with Crippen LogP contribution in [0.25, 0.3) is 10.9 Å². The normalized spacial score (nSPS) is 18.9. The number of halogens is 2. The van der Waals surface area contributed by atoms with Gasteiger partial charge in [-0.05, 0) is 58.8 Å². The summed E-state index contributed by atoms with van der Waals surface area (Å²) in [6.45, 7) is 1.14. The van der Waals surface area contributed by atoms with Crippen LogP contribution in [0.15, 0.2) is 29.5 Å². The molecule has 1 aliphatic heterocycles. The van der Waals surface area contributed by atoms with Gasteiger partial charge in [0, 0.05) is 17.9 Å². The lowest BCUT2D eigenvalue weighted by Crippen LogP contribution is -2.31. The monoisotopic (exact) mass is 444 g/mol. The number of nitrogens with one attached hydrogen (secondary N) is 2. The molecule has 0 unspecified atom stereocenters. The first-order chi connectivity index (χ1) is 15.3. The van der Waals surface area contributed by atoms with Crippen molar-refractivity contribution in [2.24, 2.45) is 0 Å². The van der Waals surface area contributed by atoms with Crippen LogP contribution >= 0.6 is 0 Å². The van der Waals surface area contributed by atoms with Crippen LogP contribution in [0.3, 0.4) is 0 Å². The highest BCUT2D eigenvalue weighted by atomic mass is 19.3. The molecule has 2 fully saturated rings. The summed E-state index contributed by atoms with van der Waals surface area (Å²) in [7, 11) is 2.12. The summed E-state index contributed by atoms with van der Waals surface area (Å²) in [4.78, 5) is 23.9. The van der Waals surface area contributed by atoms with Gasteiger partial charge in [-0.15, -0.1) is 0 Å². The van der Waals surface area contributed by atoms with Crippen molar-refractivity contribution in [1.82, 2.24) is 29.2 Å². The van der Waals surface area contributed by atoms with Gasteiger partial charge >= 0.3 is 6.55 Å². The van der Waals surface area contributed by atoms with Gasteiger partial charge in [-0.2, -0.15) is 18.9 Å². The van der Waals surface area contributed by atoms with Crippen LogP contribution in [-0.2, 0) is 0 Å². The van der Waals surface area contributed by atoms with Crippen LogP contribution in [0.2, 0.25) is 0 Å². The molecule has 0 amide bonds. The fourth-order valence-electron chi connectivity index (χ4n) is 4.05. The van der Waals surface area contributed by atoms with E-state index in [0.29, 0.717) is 16.1 Å². The van der Waals surface area contributed by atoms with Gasteiger partial charge in [0.2, 0.25) is 5.95 Å². The third-order valence-corrected chi connectivity index (χ3v) is 6.33. The van der Waals surface area contributed by atoms with Gasteiger partial charge in [0.1, 0.15) is 11.2 Å². The highest BCUT2D eigenvalue weighted by Crippen LogP contribution is 2.39. The van der Waals surface area contributed by atoms with Crippen molar-refractivity contribution < 1.29 is 8.78 Å². The molecule has 1 aliphatic carbocycles. The number of aromatic nitrogens is 5. The van der Waals surface area contributed by atoms with Gasteiger partial charge in [0.15, 0.2) is 0 Å². The summed E-state index contributed by atoms with van der Waals surface area (Å²) < 4.78 is 28.9. The first kappa shape index (κ1) is 20.8. The van der Waals surface area contributed by atoms with Gasteiger partial charge in [0.25, 0.3) is 5.56 Å². The maximum absolute atomic E-state index is 13.3. The number of fused-ring (bicyclic) bond motifs is 1. The van der Waals surface area contributed by atoms with Gasteiger partial charge in [-0.1, -0.05) is 0 Å². The first-order valence-electron chi connectivity index (χ1n) is 10.8. The maximum atomic E-state index is 13.3. The Morgan fingerprint density at radius 1 is 1.22 bits per heavy atom. The number of nitrogens with zero attached hydrogens (tertiary/aromatic N) is 6. The minimum Gasteiger partial charge on any atom is -0.364 e. The van der Waals surface area contributed by atoms with Crippen LogP contribution in [-0.4, -0.2) is 54.9 Å². The molecule has 2 aliphatic rings. The van der Waals surface area contributed by atoms with Crippen molar-refractivity contribution in [1.29, 1.82) is 0 Å². The number of anilines is 3. The Bertz CT molecular complexity index is 1190. The fraction of sp³-hybridized carbons (Fsp3) is 0.524. The van der Waals surface area contributed by atoms with E-state index in [0.717, 1.165) is 50.7 Å². The van der Waals surface area contributed by atoms with Crippen molar-refractivity contribution in [3.8, 4) is 0 Å². The quantitative estimate of drug-likeness (QED) is 0.602. The number of rotatable bonds is 6. The topological polar surface area (TPSA) is 92.9 Å². The third kappa shape index (κ3) is 4.04. The summed E-state index contributed by atoms with van der Waals surface area (Å²) in [5.41, 5.74) is 0.0210. The highest BCUT2D eigenvalue weighted by Gasteiger charge is 2.38. The molecule has 11 heteroatoms. The Kier molecular flexibility index (Phi) is 5.07. The van der Waals surface area contributed by atoms with Crippen molar-refractivity contribution in [2.75, 3.05) is 30.8 Å². The second kappa shape index (κ2) is 7.80. The Morgan fingerprint density at radius 2 is 1.97 bits per heavy atom. The number of alkyl halides is 2. The molecule has 1 saturated carbocycles. The summed E-state index contributed by atoms with van der Waals surface area (Å²) in [6, 6.07) is 1.76. The Labute approximate surface area is 183 Å². The zero-order chi connectivity index (χ0) is 22.5. The molecule has 2 N–H and O–H groups in total. The Hall–Kier alpha value is -3.08. The zero-order valence-corrected chi connectivity index (χ0v) is 18.1. The van der Waals surface area contributed by atoms with Crippen molar-refractivity contribution >= 4 is 28.4 Å². The van der Waals surface area contributed by atoms with E-state index < -0.39 is 12.1 Å². The van der Waals surface area contributed by atoms with E-state index in [-0.39, 0.29) is 22.7 Å². The number of pyridine rings is 1. The maximum Gasteiger partial charge on any atom is 0.321 e. The number of likely N-dealkylation sites (tertiary alicyclic amines) is 1. The lowest BCUT2D eigenvalue weighted by Gasteiger charge is -2.28. The van der Waals surface area contributed by atoms with Gasteiger partial charge in [-0.25, -0.2) is 4.98 Å². The standard InChI is InChI=1S/C21H26F2N8O/c1-21(6-7-21)28-17-16-15(5-10-30(18(16)32)19(22)23)26-20(27-17)25-13-11-24-31(12-13)14-3-8-29(2)9-4-14/h5,10-12,14,19H,3-4,6-9H2,1-2H3,(H2,25,26,27,28). The summed E-state index contributed by atoms with van der Waals surface area (Å²) in [5.74, 6) is 0.543. The molecule has 5 rings (SSSR count). The van der Waals surface area contributed by atoms with Gasteiger partial charge in [0.05, 0.1) is 23.4 Å². The largest absolute Gasteiger partial charge is 0.364 e. The van der Waals surface area contributed by atoms with E-state index in [9.17, 15) is 13.6 Å². The summed E-state index contributed by atoms with van der Waals surface area (Å²) >= 11 is 0. The molecule has 0 radical (unpaired) electrons. The molecule has 32 heavy (non-hydrogen) atoms. The van der Waals surface area contributed by atoms with E-state index in [1.807, 2.05) is 17.8 Å². The zero-order valence-electron chi connectivity index (χ0n) is 18.1. The lowest BCUT2D eigenvalue weighted by molar-refractivity contribution is 0.0669. The van der Waals surface area contributed by atoms with E-state index in [1.54, 1.807) is 6.20 Å². The molecule has 0 aromatic carbocycles. The third-order valence-electron chi connectivity index (χ3n) is 6.33. The number of hydrogen-bond donors (Lipinski definition) is 2. The Morgan fingerprint density at radius 3 is 2.66 bits per heavy atom. The predicted octanol–water partition coefficient (Wildman–Crippen LogP) is 3.36. The molecule has 4 heterocycles. The second-order valence-electron chi connectivity index (χ2n) is 9.02. The molecule has 9 nitrogen and oxygen atoms in total. The average Bonchev–Trinajstić information content (AvgIpc) is 3.28. The van der Waals surface area contributed by atoms with Crippen LogP contribution < -0.4 is 16.2 Å². The van der Waals surface area contributed by atoms with Gasteiger partial charge in [-0.3, -0.25) is 14.0 Å². The summed E-state index contributed by atoms with van der Waals surface area (Å²) in [5, 5.41) is 11.0. The lowest BCUT2D eigenvalue weighted by atomic mass is 10.1. The molecule has 3 aromatic heterocycles. The average molecular weight is 444 g/mol. The molecular weight excluding hydrogens is 418 g/mol. The molecule has 0 bridgehead atoms. The van der Waals surface area contributed by atoms with Crippen LogP contribution in [0, 0.1) is 0 Å². The van der Waals surface area contributed by atoms with Crippen molar-refractivity contribution in [2.45, 2.75) is 50.7 Å². The fourth-order valence-corrected chi connectivity index (χ4v) is 4.05. The smallest absolute Gasteiger partial charge is 0.321 e.